The topological polar surface area (TPSA) is 37.3 Å². The first kappa shape index (κ1) is 7.11. The van der Waals surface area contributed by atoms with Gasteiger partial charge in [-0.15, -0.1) is 0 Å². The van der Waals surface area contributed by atoms with Crippen molar-refractivity contribution in [1.29, 1.82) is 0 Å². The second kappa shape index (κ2) is 3.16. The summed E-state index contributed by atoms with van der Waals surface area (Å²) in [5.41, 5.74) is 0. The van der Waals surface area contributed by atoms with Gasteiger partial charge in [0.05, 0.1) is 0 Å². The minimum Gasteiger partial charge on any atom is -0.381 e. The normalized spacial score (nSPS) is 13.6. The Labute approximate surface area is 50.7 Å². The van der Waals surface area contributed by atoms with Gasteiger partial charge in [0, 0.05) is 6.42 Å². The van der Waals surface area contributed by atoms with Crippen LogP contribution >= 0.6 is 15.9 Å². The van der Waals surface area contributed by atoms with Crippen LogP contribution in [-0.4, -0.2) is 15.9 Å². The highest BCUT2D eigenvalue weighted by atomic mass is 79.9. The van der Waals surface area contributed by atoms with Gasteiger partial charge in [-0.05, 0) is 6.92 Å². The van der Waals surface area contributed by atoms with Gasteiger partial charge in [-0.3, -0.25) is 4.79 Å². The largest absolute Gasteiger partial charge is 0.381 e. The fraction of sp³-hybridized carbons (Fsp3) is 0.750. The molecule has 0 aliphatic rings. The Balaban J connectivity index is 3.13. The van der Waals surface area contributed by atoms with E-state index in [0.29, 0.717) is 0 Å². The highest BCUT2D eigenvalue weighted by Gasteiger charge is 1.98. The van der Waals surface area contributed by atoms with Gasteiger partial charge in [-0.1, -0.05) is 15.9 Å². The van der Waals surface area contributed by atoms with E-state index in [2.05, 4.69) is 15.9 Å². The number of carbonyl (C=O) groups excluding carboxylic acids is 1. The van der Waals surface area contributed by atoms with Crippen LogP contribution in [0.5, 0.6) is 0 Å². The van der Waals surface area contributed by atoms with Gasteiger partial charge in [0.1, 0.15) is 10.8 Å². The van der Waals surface area contributed by atoms with Crippen molar-refractivity contribution in [3.05, 3.63) is 0 Å². The van der Waals surface area contributed by atoms with Crippen LogP contribution in [-0.2, 0) is 4.79 Å². The molecule has 0 bridgehead atoms. The van der Waals surface area contributed by atoms with Gasteiger partial charge < -0.3 is 5.11 Å². The lowest BCUT2D eigenvalue weighted by Crippen LogP contribution is -2.01. The summed E-state index contributed by atoms with van der Waals surface area (Å²) in [4.78, 5) is 10.1. The molecule has 1 N–H and O–H groups in total. The number of ketones is 1. The molecule has 0 radical (unpaired) electrons. The maximum atomic E-state index is 10.1. The number of hydrogen-bond donors (Lipinski definition) is 1. The molecule has 0 aromatic heterocycles. The Morgan fingerprint density at radius 1 is 2.00 bits per heavy atom. The Bertz CT molecular complexity index is 70.1. The first-order valence-corrected chi connectivity index (χ1v) is 2.86. The third-order valence-electron chi connectivity index (χ3n) is 0.456. The van der Waals surface area contributed by atoms with E-state index in [9.17, 15) is 4.79 Å². The Kier molecular flexibility index (Phi) is 3.21. The summed E-state index contributed by atoms with van der Waals surface area (Å²) in [5.74, 6) is -0.00984. The first-order chi connectivity index (χ1) is 3.13. The second-order valence-electron chi connectivity index (χ2n) is 1.34. The van der Waals surface area contributed by atoms with Crippen molar-refractivity contribution >= 4 is 21.7 Å². The molecule has 0 aromatic carbocycles. The van der Waals surface area contributed by atoms with Crippen molar-refractivity contribution in [3.8, 4) is 0 Å². The summed E-state index contributed by atoms with van der Waals surface area (Å²) in [6.07, 6.45) is 0.194. The monoisotopic (exact) mass is 166 g/mol. The number of carbonyl (C=O) groups is 1. The third-order valence-corrected chi connectivity index (χ3v) is 0.780. The number of alkyl halides is 1. The summed E-state index contributed by atoms with van der Waals surface area (Å²) < 4.78 is 0. The minimum absolute atomic E-state index is 0.00984. The quantitative estimate of drug-likeness (QED) is 0.614. The predicted octanol–water partition coefficient (Wildman–Crippen LogP) is 0.679. The van der Waals surface area contributed by atoms with Crippen LogP contribution in [0.15, 0.2) is 0 Å². The molecule has 0 spiro atoms. The van der Waals surface area contributed by atoms with E-state index in [1.165, 1.54) is 6.92 Å². The Morgan fingerprint density at radius 3 is 2.43 bits per heavy atom. The van der Waals surface area contributed by atoms with Gasteiger partial charge in [0.25, 0.3) is 0 Å². The molecule has 0 amide bonds. The molecule has 1 unspecified atom stereocenters. The molecule has 7 heavy (non-hydrogen) atoms. The number of hydrogen-bond acceptors (Lipinski definition) is 2. The average Bonchev–Trinajstić information content (AvgIpc) is 1.27. The van der Waals surface area contributed by atoms with E-state index in [1.54, 1.807) is 0 Å². The number of halogens is 1. The zero-order valence-corrected chi connectivity index (χ0v) is 5.60. The molecule has 0 fully saturated rings. The van der Waals surface area contributed by atoms with Gasteiger partial charge in [0.15, 0.2) is 0 Å². The lowest BCUT2D eigenvalue weighted by molar-refractivity contribution is -0.117. The third kappa shape index (κ3) is 6.11. The van der Waals surface area contributed by atoms with Crippen LogP contribution in [0.2, 0.25) is 0 Å². The summed E-state index contributed by atoms with van der Waals surface area (Å²) >= 11 is 2.81. The van der Waals surface area contributed by atoms with Crippen molar-refractivity contribution in [1.82, 2.24) is 0 Å². The number of rotatable bonds is 2. The van der Waals surface area contributed by atoms with E-state index in [0.717, 1.165) is 0 Å². The van der Waals surface area contributed by atoms with E-state index in [4.69, 9.17) is 5.11 Å². The van der Waals surface area contributed by atoms with Crippen molar-refractivity contribution in [2.24, 2.45) is 0 Å². The number of aliphatic hydroxyl groups excluding tert-OH is 1. The van der Waals surface area contributed by atoms with Crippen LogP contribution in [0.3, 0.4) is 0 Å². The van der Waals surface area contributed by atoms with Crippen LogP contribution in [0.25, 0.3) is 0 Å². The van der Waals surface area contributed by atoms with Crippen molar-refractivity contribution < 1.29 is 9.90 Å². The first-order valence-electron chi connectivity index (χ1n) is 1.94. The van der Waals surface area contributed by atoms with Crippen LogP contribution in [0, 0.1) is 0 Å². The highest BCUT2D eigenvalue weighted by molar-refractivity contribution is 9.09. The van der Waals surface area contributed by atoms with Crippen LogP contribution < -0.4 is 0 Å². The highest BCUT2D eigenvalue weighted by Crippen LogP contribution is 1.98. The molecule has 0 heterocycles. The van der Waals surface area contributed by atoms with Crippen LogP contribution in [0.1, 0.15) is 13.3 Å². The maximum absolute atomic E-state index is 10.1. The van der Waals surface area contributed by atoms with Gasteiger partial charge in [-0.25, -0.2) is 0 Å². The molecule has 0 aromatic rings. The smallest absolute Gasteiger partial charge is 0.133 e. The molecule has 0 aliphatic carbocycles. The molecule has 0 rings (SSSR count). The van der Waals surface area contributed by atoms with E-state index in [1.807, 2.05) is 0 Å². The zero-order valence-electron chi connectivity index (χ0n) is 4.02. The summed E-state index contributed by atoms with van der Waals surface area (Å²) in [7, 11) is 0. The van der Waals surface area contributed by atoms with Crippen molar-refractivity contribution in [3.63, 3.8) is 0 Å². The standard InChI is InChI=1S/C4H7BrO2/c1-3(6)2-4(5)7/h4,7H,2H2,1H3. The molecule has 0 saturated carbocycles. The zero-order chi connectivity index (χ0) is 5.86. The number of Topliss-reactive ketones (excluding diaryl/α,β-unsaturated/α-hetero) is 1. The predicted molar refractivity (Wildman–Crippen MR) is 30.2 cm³/mol. The molecule has 0 aliphatic heterocycles. The lowest BCUT2D eigenvalue weighted by atomic mass is 10.3. The van der Waals surface area contributed by atoms with Gasteiger partial charge >= 0.3 is 0 Å². The minimum atomic E-state index is -0.662. The van der Waals surface area contributed by atoms with Gasteiger partial charge in [-0.2, -0.15) is 0 Å². The fourth-order valence-electron chi connectivity index (χ4n) is 0.237. The fourth-order valence-corrected chi connectivity index (χ4v) is 0.693. The summed E-state index contributed by atoms with van der Waals surface area (Å²) in [6, 6.07) is 0. The SMILES string of the molecule is CC(=O)CC(O)Br. The Hall–Kier alpha value is 0.110. The molecule has 1 atom stereocenters. The van der Waals surface area contributed by atoms with E-state index >= 15 is 0 Å². The maximum Gasteiger partial charge on any atom is 0.133 e. The Morgan fingerprint density at radius 2 is 2.43 bits per heavy atom. The summed E-state index contributed by atoms with van der Waals surface area (Å²) in [6.45, 7) is 1.44. The second-order valence-corrected chi connectivity index (χ2v) is 2.40. The molecular formula is C4H7BrO2. The van der Waals surface area contributed by atoms with Gasteiger partial charge in [0.2, 0.25) is 0 Å². The molecular weight excluding hydrogens is 160 g/mol. The van der Waals surface area contributed by atoms with E-state index in [-0.39, 0.29) is 12.2 Å². The van der Waals surface area contributed by atoms with Crippen molar-refractivity contribution in [2.45, 2.75) is 18.4 Å². The molecule has 3 heteroatoms. The van der Waals surface area contributed by atoms with Crippen molar-refractivity contribution in [2.75, 3.05) is 0 Å². The van der Waals surface area contributed by atoms with Crippen LogP contribution in [0.4, 0.5) is 0 Å². The number of aliphatic hydroxyl groups is 1. The average molecular weight is 167 g/mol. The molecule has 0 saturated heterocycles. The van der Waals surface area contributed by atoms with E-state index < -0.39 is 5.01 Å². The lowest BCUT2D eigenvalue weighted by Gasteiger charge is -1.93. The summed E-state index contributed by atoms with van der Waals surface area (Å²) in [5, 5.41) is 7.76. The molecule has 2 nitrogen and oxygen atoms in total. The molecule has 42 valence electrons.